The minimum absolute atomic E-state index is 0.119. The van der Waals surface area contributed by atoms with Crippen LogP contribution < -0.4 is 5.32 Å². The maximum atomic E-state index is 12.8. The molecule has 0 bridgehead atoms. The minimum Gasteiger partial charge on any atom is -0.351 e. The highest BCUT2D eigenvalue weighted by Gasteiger charge is 2.19. The molecular formula is C20H19N5OS2. The van der Waals surface area contributed by atoms with E-state index in [9.17, 15) is 4.79 Å². The fraction of sp³-hybridized carbons (Fsp3) is 0.150. The molecule has 1 aromatic carbocycles. The van der Waals surface area contributed by atoms with Crippen LogP contribution in [0.25, 0.3) is 16.3 Å². The van der Waals surface area contributed by atoms with Crippen molar-refractivity contribution < 1.29 is 4.79 Å². The van der Waals surface area contributed by atoms with Crippen molar-refractivity contribution in [1.82, 2.24) is 24.6 Å². The van der Waals surface area contributed by atoms with Crippen LogP contribution in [0.5, 0.6) is 0 Å². The summed E-state index contributed by atoms with van der Waals surface area (Å²) in [5, 5.41) is 10.6. The quantitative estimate of drug-likeness (QED) is 0.372. The number of carbonyl (C=O) groups excluding carboxylic acids is 1. The van der Waals surface area contributed by atoms with Crippen molar-refractivity contribution in [3.8, 4) is 16.3 Å². The van der Waals surface area contributed by atoms with Gasteiger partial charge in [0, 0.05) is 37.9 Å². The van der Waals surface area contributed by atoms with Gasteiger partial charge in [0.25, 0.3) is 5.91 Å². The molecule has 28 heavy (non-hydrogen) atoms. The fourth-order valence-corrected chi connectivity index (χ4v) is 4.25. The van der Waals surface area contributed by atoms with Gasteiger partial charge >= 0.3 is 0 Å². The number of aryl methyl sites for hydroxylation is 1. The number of benzene rings is 1. The molecule has 3 aromatic heterocycles. The molecule has 0 spiro atoms. The van der Waals surface area contributed by atoms with Crippen LogP contribution in [0.3, 0.4) is 0 Å². The number of aromatic nitrogens is 4. The van der Waals surface area contributed by atoms with E-state index in [-0.39, 0.29) is 5.91 Å². The summed E-state index contributed by atoms with van der Waals surface area (Å²) in [5.41, 5.74) is 2.20. The summed E-state index contributed by atoms with van der Waals surface area (Å²) in [6, 6.07) is 13.8. The molecule has 3 heterocycles. The molecule has 0 saturated carbocycles. The third kappa shape index (κ3) is 4.02. The maximum Gasteiger partial charge on any atom is 0.255 e. The Morgan fingerprint density at radius 3 is 2.79 bits per heavy atom. The zero-order chi connectivity index (χ0) is 19.3. The number of imidazole rings is 1. The second-order valence-corrected chi connectivity index (χ2v) is 8.08. The van der Waals surface area contributed by atoms with Crippen molar-refractivity contribution in [2.45, 2.75) is 5.16 Å². The highest BCUT2D eigenvalue weighted by molar-refractivity contribution is 7.99. The first-order valence-electron chi connectivity index (χ1n) is 8.79. The summed E-state index contributed by atoms with van der Waals surface area (Å²) in [6.45, 7) is 0.552. The Bertz CT molecular complexity index is 1050. The molecule has 142 valence electrons. The third-order valence-electron chi connectivity index (χ3n) is 4.13. The molecule has 0 saturated heterocycles. The topological polar surface area (TPSA) is 64.7 Å². The van der Waals surface area contributed by atoms with Gasteiger partial charge in [0.05, 0.1) is 16.1 Å². The number of hydrogen-bond donors (Lipinski definition) is 1. The van der Waals surface area contributed by atoms with Gasteiger partial charge in [0.15, 0.2) is 5.16 Å². The maximum absolute atomic E-state index is 12.8. The predicted molar refractivity (Wildman–Crippen MR) is 113 cm³/mol. The fourth-order valence-electron chi connectivity index (χ4n) is 2.74. The van der Waals surface area contributed by atoms with Crippen molar-refractivity contribution >= 4 is 29.0 Å². The van der Waals surface area contributed by atoms with Crippen LogP contribution in [0.4, 0.5) is 0 Å². The van der Waals surface area contributed by atoms with Gasteiger partial charge in [-0.1, -0.05) is 36.0 Å². The lowest BCUT2D eigenvalue weighted by Gasteiger charge is -2.05. The molecule has 0 aliphatic heterocycles. The van der Waals surface area contributed by atoms with Crippen LogP contribution in [0.2, 0.25) is 0 Å². The molecule has 0 aliphatic rings. The van der Waals surface area contributed by atoms with E-state index in [0.29, 0.717) is 17.8 Å². The molecule has 0 unspecified atom stereocenters. The number of rotatable bonds is 7. The molecule has 0 atom stereocenters. The second-order valence-electron chi connectivity index (χ2n) is 6.07. The number of thiophene rings is 1. The molecule has 4 rings (SSSR count). The van der Waals surface area contributed by atoms with Gasteiger partial charge in [-0.3, -0.25) is 4.79 Å². The van der Waals surface area contributed by atoms with E-state index in [1.807, 2.05) is 65.7 Å². The van der Waals surface area contributed by atoms with Crippen molar-refractivity contribution in [1.29, 1.82) is 0 Å². The Kier molecular flexibility index (Phi) is 5.59. The summed E-state index contributed by atoms with van der Waals surface area (Å²) in [7, 11) is 1.96. The predicted octanol–water partition coefficient (Wildman–Crippen LogP) is 3.86. The molecule has 1 N–H and O–H groups in total. The number of nitrogens with one attached hydrogen (secondary N) is 1. The van der Waals surface area contributed by atoms with Crippen molar-refractivity contribution in [2.24, 2.45) is 7.05 Å². The van der Waals surface area contributed by atoms with Crippen LogP contribution in [0, 0.1) is 0 Å². The van der Waals surface area contributed by atoms with E-state index in [2.05, 4.69) is 15.4 Å². The zero-order valence-corrected chi connectivity index (χ0v) is 16.9. The Morgan fingerprint density at radius 2 is 2.07 bits per heavy atom. The van der Waals surface area contributed by atoms with Crippen molar-refractivity contribution in [2.75, 3.05) is 12.3 Å². The normalized spacial score (nSPS) is 10.9. The first-order chi connectivity index (χ1) is 13.7. The van der Waals surface area contributed by atoms with Crippen molar-refractivity contribution in [3.05, 3.63) is 72.0 Å². The van der Waals surface area contributed by atoms with E-state index in [1.54, 1.807) is 40.2 Å². The largest absolute Gasteiger partial charge is 0.351 e. The summed E-state index contributed by atoms with van der Waals surface area (Å²) in [4.78, 5) is 18.1. The van der Waals surface area contributed by atoms with Gasteiger partial charge in [0.1, 0.15) is 5.69 Å². The van der Waals surface area contributed by atoms with Gasteiger partial charge in [-0.15, -0.1) is 11.3 Å². The molecular weight excluding hydrogens is 390 g/mol. The zero-order valence-electron chi connectivity index (χ0n) is 15.3. The van der Waals surface area contributed by atoms with Gasteiger partial charge < -0.3 is 9.88 Å². The monoisotopic (exact) mass is 409 g/mol. The first kappa shape index (κ1) is 18.5. The molecule has 4 aromatic rings. The van der Waals surface area contributed by atoms with E-state index >= 15 is 0 Å². The summed E-state index contributed by atoms with van der Waals surface area (Å²) in [6.07, 6.45) is 5.48. The van der Waals surface area contributed by atoms with Gasteiger partial charge in [-0.2, -0.15) is 5.10 Å². The number of para-hydroxylation sites is 1. The Hall–Kier alpha value is -2.84. The molecule has 0 aliphatic carbocycles. The molecule has 6 nitrogen and oxygen atoms in total. The van der Waals surface area contributed by atoms with Gasteiger partial charge in [-0.05, 0) is 23.6 Å². The molecule has 0 radical (unpaired) electrons. The third-order valence-corrected chi connectivity index (χ3v) is 6.07. The Balaban J connectivity index is 1.50. The van der Waals surface area contributed by atoms with Crippen LogP contribution >= 0.6 is 23.1 Å². The Morgan fingerprint density at radius 1 is 1.21 bits per heavy atom. The lowest BCUT2D eigenvalue weighted by molar-refractivity contribution is 0.0957. The first-order valence-corrected chi connectivity index (χ1v) is 10.7. The molecule has 8 heteroatoms. The highest BCUT2D eigenvalue weighted by atomic mass is 32.2. The number of carbonyl (C=O) groups is 1. The number of hydrogen-bond acceptors (Lipinski definition) is 5. The van der Waals surface area contributed by atoms with Crippen LogP contribution in [0.1, 0.15) is 10.4 Å². The van der Waals surface area contributed by atoms with E-state index < -0.39 is 0 Å². The van der Waals surface area contributed by atoms with Crippen LogP contribution in [-0.2, 0) is 7.05 Å². The standard InChI is InChI=1S/C20H19N5OS2/c1-24-11-9-22-20(24)28-13-10-21-19(26)16-14-25(15-6-3-2-4-7-15)23-18(16)17-8-5-12-27-17/h2-9,11-12,14H,10,13H2,1H3,(H,21,26). The number of thioether (sulfide) groups is 1. The van der Waals surface area contributed by atoms with E-state index in [1.165, 1.54) is 0 Å². The summed E-state index contributed by atoms with van der Waals surface area (Å²) >= 11 is 3.19. The number of amides is 1. The van der Waals surface area contributed by atoms with E-state index in [4.69, 9.17) is 0 Å². The smallest absolute Gasteiger partial charge is 0.255 e. The lowest BCUT2D eigenvalue weighted by atomic mass is 10.2. The highest BCUT2D eigenvalue weighted by Crippen LogP contribution is 2.27. The Labute approximate surface area is 171 Å². The summed E-state index contributed by atoms with van der Waals surface area (Å²) < 4.78 is 3.72. The van der Waals surface area contributed by atoms with Gasteiger partial charge in [-0.25, -0.2) is 9.67 Å². The molecule has 1 amide bonds. The summed E-state index contributed by atoms with van der Waals surface area (Å²) in [5.74, 6) is 0.628. The number of nitrogens with zero attached hydrogens (tertiary/aromatic N) is 4. The van der Waals surface area contributed by atoms with E-state index in [0.717, 1.165) is 21.5 Å². The van der Waals surface area contributed by atoms with Crippen molar-refractivity contribution in [3.63, 3.8) is 0 Å². The average molecular weight is 410 g/mol. The SMILES string of the molecule is Cn1ccnc1SCCNC(=O)c1cn(-c2ccccc2)nc1-c1cccs1. The van der Waals surface area contributed by atoms with Crippen LogP contribution in [0.15, 0.2) is 71.6 Å². The lowest BCUT2D eigenvalue weighted by Crippen LogP contribution is -2.26. The van der Waals surface area contributed by atoms with Gasteiger partial charge in [0.2, 0.25) is 0 Å². The minimum atomic E-state index is -0.119. The average Bonchev–Trinajstić information content (AvgIpc) is 3.46. The molecule has 0 fully saturated rings. The van der Waals surface area contributed by atoms with Crippen LogP contribution in [-0.4, -0.2) is 37.5 Å². The second kappa shape index (κ2) is 8.45.